The van der Waals surface area contributed by atoms with Gasteiger partial charge in [-0.05, 0) is 59.9 Å². The number of aromatic nitrogens is 2. The van der Waals surface area contributed by atoms with Crippen molar-refractivity contribution in [3.63, 3.8) is 0 Å². The number of hydrogen-bond donors (Lipinski definition) is 0. The zero-order valence-electron chi connectivity index (χ0n) is 22.9. The second kappa shape index (κ2) is 11.3. The SMILES string of the molecule is COC(=O)c1cccnc1CC1=CC(=O)c2ccccc2C1.O=C1C2=C(Cc3ccccc31)Cc1ncccc1C2=O. The summed E-state index contributed by atoms with van der Waals surface area (Å²) in [6, 6.07) is 22.0. The number of hydrogen-bond acceptors (Lipinski definition) is 7. The van der Waals surface area contributed by atoms with Gasteiger partial charge < -0.3 is 4.74 Å². The number of benzene rings is 2. The van der Waals surface area contributed by atoms with E-state index in [2.05, 4.69) is 9.97 Å². The molecule has 0 atom stereocenters. The lowest BCUT2D eigenvalue weighted by Crippen LogP contribution is -2.28. The van der Waals surface area contributed by atoms with Crippen molar-refractivity contribution < 1.29 is 23.9 Å². The molecule has 42 heavy (non-hydrogen) atoms. The summed E-state index contributed by atoms with van der Waals surface area (Å²) < 4.78 is 4.78. The number of ketones is 3. The summed E-state index contributed by atoms with van der Waals surface area (Å²) in [5, 5.41) is 0. The molecule has 2 aromatic heterocycles. The summed E-state index contributed by atoms with van der Waals surface area (Å²) in [5.41, 5.74) is 8.07. The average molecular weight is 555 g/mol. The van der Waals surface area contributed by atoms with Crippen molar-refractivity contribution >= 4 is 23.3 Å². The van der Waals surface area contributed by atoms with Gasteiger partial charge in [0, 0.05) is 41.9 Å². The summed E-state index contributed by atoms with van der Waals surface area (Å²) in [6.45, 7) is 0. The Morgan fingerprint density at radius 2 is 1.38 bits per heavy atom. The molecule has 3 aliphatic carbocycles. The van der Waals surface area contributed by atoms with Crippen molar-refractivity contribution in [3.8, 4) is 0 Å². The monoisotopic (exact) mass is 554 g/mol. The predicted molar refractivity (Wildman–Crippen MR) is 156 cm³/mol. The number of nitrogens with zero attached hydrogens (tertiary/aromatic N) is 2. The van der Waals surface area contributed by atoms with E-state index in [9.17, 15) is 19.2 Å². The predicted octanol–water partition coefficient (Wildman–Crippen LogP) is 5.33. The molecular formula is C35H26N2O5. The fourth-order valence-corrected chi connectivity index (χ4v) is 5.72. The van der Waals surface area contributed by atoms with E-state index in [4.69, 9.17) is 4.74 Å². The maximum atomic E-state index is 12.6. The van der Waals surface area contributed by atoms with Gasteiger partial charge in [0.1, 0.15) is 0 Å². The molecule has 0 fully saturated rings. The Kier molecular flexibility index (Phi) is 7.23. The Balaban J connectivity index is 0.000000151. The highest BCUT2D eigenvalue weighted by Gasteiger charge is 2.35. The third-order valence-electron chi connectivity index (χ3n) is 7.71. The van der Waals surface area contributed by atoms with Crippen LogP contribution in [-0.2, 0) is 30.4 Å². The van der Waals surface area contributed by atoms with E-state index in [0.717, 1.165) is 33.5 Å². The molecule has 0 radical (unpaired) electrons. The Morgan fingerprint density at radius 1 is 0.738 bits per heavy atom. The van der Waals surface area contributed by atoms with Crippen LogP contribution in [0.2, 0.25) is 0 Å². The Bertz CT molecular complexity index is 1780. The van der Waals surface area contributed by atoms with Crippen LogP contribution in [0.4, 0.5) is 0 Å². The highest BCUT2D eigenvalue weighted by atomic mass is 16.5. The van der Waals surface area contributed by atoms with Crippen LogP contribution in [0.3, 0.4) is 0 Å². The normalized spacial score (nSPS) is 14.9. The Morgan fingerprint density at radius 3 is 2.17 bits per heavy atom. The van der Waals surface area contributed by atoms with Crippen molar-refractivity contribution in [3.05, 3.63) is 153 Å². The van der Waals surface area contributed by atoms with Gasteiger partial charge in [0.05, 0.1) is 29.6 Å². The highest BCUT2D eigenvalue weighted by molar-refractivity contribution is 6.33. The fourth-order valence-electron chi connectivity index (χ4n) is 5.72. The number of allylic oxidation sites excluding steroid dienone is 4. The fraction of sp³-hybridized carbons (Fsp3) is 0.143. The molecular weight excluding hydrogens is 528 g/mol. The van der Waals surface area contributed by atoms with Crippen LogP contribution in [0.1, 0.15) is 63.9 Å². The average Bonchev–Trinajstić information content (AvgIpc) is 3.01. The van der Waals surface area contributed by atoms with Crippen LogP contribution in [0.25, 0.3) is 0 Å². The molecule has 2 aromatic carbocycles. The van der Waals surface area contributed by atoms with E-state index in [1.54, 1.807) is 48.8 Å². The van der Waals surface area contributed by atoms with Crippen molar-refractivity contribution in [2.24, 2.45) is 0 Å². The number of ether oxygens (including phenoxy) is 1. The Hall–Kier alpha value is -5.30. The number of carbonyl (C=O) groups is 4. The van der Waals surface area contributed by atoms with Gasteiger partial charge in [-0.3, -0.25) is 24.4 Å². The molecule has 0 saturated carbocycles. The number of methoxy groups -OCH3 is 1. The Labute approximate surface area is 242 Å². The quantitative estimate of drug-likeness (QED) is 0.249. The van der Waals surface area contributed by atoms with Gasteiger partial charge in [-0.2, -0.15) is 0 Å². The molecule has 7 rings (SSSR count). The molecule has 0 saturated heterocycles. The van der Waals surface area contributed by atoms with Crippen LogP contribution in [0, 0.1) is 0 Å². The van der Waals surface area contributed by atoms with E-state index >= 15 is 0 Å². The van der Waals surface area contributed by atoms with E-state index in [-0.39, 0.29) is 17.3 Å². The first kappa shape index (κ1) is 26.9. The topological polar surface area (TPSA) is 103 Å². The third-order valence-corrected chi connectivity index (χ3v) is 7.71. The molecule has 0 unspecified atom stereocenters. The molecule has 0 amide bonds. The number of Topliss-reactive ketones (excluding diaryl/α,β-unsaturated/α-hetero) is 2. The van der Waals surface area contributed by atoms with Gasteiger partial charge in [-0.25, -0.2) is 4.79 Å². The van der Waals surface area contributed by atoms with E-state index in [1.807, 2.05) is 42.5 Å². The maximum Gasteiger partial charge on any atom is 0.339 e. The number of esters is 1. The highest BCUT2D eigenvalue weighted by Crippen LogP contribution is 2.34. The summed E-state index contributed by atoms with van der Waals surface area (Å²) >= 11 is 0. The summed E-state index contributed by atoms with van der Waals surface area (Å²) in [7, 11) is 1.35. The smallest absolute Gasteiger partial charge is 0.339 e. The van der Waals surface area contributed by atoms with Gasteiger partial charge >= 0.3 is 5.97 Å². The van der Waals surface area contributed by atoms with Crippen molar-refractivity contribution in [2.45, 2.75) is 25.7 Å². The maximum absolute atomic E-state index is 12.6. The number of fused-ring (bicyclic) bond motifs is 3. The van der Waals surface area contributed by atoms with Crippen LogP contribution < -0.4 is 0 Å². The minimum absolute atomic E-state index is 0.00685. The van der Waals surface area contributed by atoms with Gasteiger partial charge in [0.25, 0.3) is 0 Å². The first-order valence-electron chi connectivity index (χ1n) is 13.6. The summed E-state index contributed by atoms with van der Waals surface area (Å²) in [5.74, 6) is -0.714. The molecule has 206 valence electrons. The molecule has 7 nitrogen and oxygen atoms in total. The molecule has 0 bridgehead atoms. The van der Waals surface area contributed by atoms with Crippen LogP contribution in [0.5, 0.6) is 0 Å². The summed E-state index contributed by atoms with van der Waals surface area (Å²) in [4.78, 5) is 57.6. The lowest BCUT2D eigenvalue weighted by molar-refractivity contribution is 0.0598. The molecule has 2 heterocycles. The standard InChI is InChI=1S/C18H15NO3.C17H11NO2/c1-22-18(21)15-7-4-8-19-16(15)10-12-9-13-5-2-3-6-14(13)17(20)11-12;19-16-12-5-2-1-4-10(12)8-11-9-14-13(6-3-7-18-14)17(20)15(11)16/h2-8,11H,9-10H2,1H3;1-7H,8-9H2. The molecule has 4 aromatic rings. The third kappa shape index (κ3) is 5.01. The van der Waals surface area contributed by atoms with Gasteiger partial charge in [0.15, 0.2) is 17.3 Å². The number of carbonyl (C=O) groups excluding carboxylic acids is 4. The van der Waals surface area contributed by atoms with Crippen LogP contribution >= 0.6 is 0 Å². The summed E-state index contributed by atoms with van der Waals surface area (Å²) in [6.07, 6.45) is 7.40. The second-order valence-electron chi connectivity index (χ2n) is 10.3. The number of pyridine rings is 2. The zero-order chi connectivity index (χ0) is 29.2. The van der Waals surface area contributed by atoms with E-state index in [1.165, 1.54) is 7.11 Å². The molecule has 0 N–H and O–H groups in total. The van der Waals surface area contributed by atoms with E-state index in [0.29, 0.717) is 53.6 Å². The lowest BCUT2D eigenvalue weighted by atomic mass is 9.76. The minimum atomic E-state index is -0.411. The van der Waals surface area contributed by atoms with Crippen molar-refractivity contribution in [1.29, 1.82) is 0 Å². The molecule has 0 spiro atoms. The molecule has 3 aliphatic rings. The molecule has 0 aliphatic heterocycles. The largest absolute Gasteiger partial charge is 0.465 e. The minimum Gasteiger partial charge on any atom is -0.465 e. The number of rotatable bonds is 3. The second-order valence-corrected chi connectivity index (χ2v) is 10.3. The van der Waals surface area contributed by atoms with Crippen LogP contribution in [-0.4, -0.2) is 40.4 Å². The van der Waals surface area contributed by atoms with Crippen molar-refractivity contribution in [2.75, 3.05) is 7.11 Å². The first-order chi connectivity index (χ1) is 20.4. The zero-order valence-corrected chi connectivity index (χ0v) is 22.9. The van der Waals surface area contributed by atoms with Gasteiger partial charge in [-0.1, -0.05) is 54.1 Å². The van der Waals surface area contributed by atoms with E-state index < -0.39 is 5.97 Å². The van der Waals surface area contributed by atoms with Gasteiger partial charge in [-0.15, -0.1) is 0 Å². The van der Waals surface area contributed by atoms with Gasteiger partial charge in [0.2, 0.25) is 0 Å². The van der Waals surface area contributed by atoms with Crippen LogP contribution in [0.15, 0.2) is 108 Å². The van der Waals surface area contributed by atoms with Crippen molar-refractivity contribution in [1.82, 2.24) is 9.97 Å². The first-order valence-corrected chi connectivity index (χ1v) is 13.6. The lowest BCUT2D eigenvalue weighted by Gasteiger charge is -2.25. The molecule has 7 heteroatoms.